The van der Waals surface area contributed by atoms with E-state index in [1.165, 1.54) is 4.90 Å². The Morgan fingerprint density at radius 2 is 2.00 bits per heavy atom. The monoisotopic (exact) mass is 414 g/mol. The molecular formula is C19H18N4O3S2. The average molecular weight is 415 g/mol. The van der Waals surface area contributed by atoms with Gasteiger partial charge in [-0.05, 0) is 24.6 Å². The van der Waals surface area contributed by atoms with E-state index in [9.17, 15) is 9.59 Å². The lowest BCUT2D eigenvalue weighted by molar-refractivity contribution is -0.124. The van der Waals surface area contributed by atoms with Crippen LogP contribution >= 0.6 is 23.1 Å². The Hall–Kier alpha value is -2.65. The van der Waals surface area contributed by atoms with Crippen molar-refractivity contribution in [3.63, 3.8) is 0 Å². The summed E-state index contributed by atoms with van der Waals surface area (Å²) in [4.78, 5) is 34.8. The van der Waals surface area contributed by atoms with E-state index in [0.29, 0.717) is 24.7 Å². The molecule has 1 aliphatic heterocycles. The maximum absolute atomic E-state index is 11.8. The van der Waals surface area contributed by atoms with Crippen LogP contribution in [0.1, 0.15) is 5.82 Å². The van der Waals surface area contributed by atoms with Crippen LogP contribution in [0.3, 0.4) is 0 Å². The summed E-state index contributed by atoms with van der Waals surface area (Å²) < 4.78 is 5.24. The van der Waals surface area contributed by atoms with Gasteiger partial charge in [-0.2, -0.15) is 0 Å². The minimum absolute atomic E-state index is 0.143. The second kappa shape index (κ2) is 7.76. The summed E-state index contributed by atoms with van der Waals surface area (Å²) in [7, 11) is 1.64. The number of nitrogens with one attached hydrogen (secondary N) is 1. The number of benzene rings is 1. The third-order valence-corrected chi connectivity index (χ3v) is 6.15. The van der Waals surface area contributed by atoms with E-state index in [2.05, 4.69) is 20.7 Å². The number of amides is 2. The van der Waals surface area contributed by atoms with Gasteiger partial charge < -0.3 is 10.1 Å². The number of carbonyl (C=O) groups excluding carboxylic acids is 2. The van der Waals surface area contributed by atoms with E-state index in [1.54, 1.807) is 18.4 Å². The highest BCUT2D eigenvalue weighted by Gasteiger charge is 2.29. The molecule has 4 rings (SSSR count). The molecule has 2 aromatic heterocycles. The Labute approximate surface area is 170 Å². The van der Waals surface area contributed by atoms with Gasteiger partial charge in [-0.15, -0.1) is 11.3 Å². The molecule has 7 nitrogen and oxygen atoms in total. The number of thioether (sulfide) groups is 1. The fraction of sp³-hybridized carbons (Fsp3) is 0.263. The van der Waals surface area contributed by atoms with Gasteiger partial charge in [0.15, 0.2) is 0 Å². The number of aryl methyl sites for hydroxylation is 1. The van der Waals surface area contributed by atoms with Gasteiger partial charge >= 0.3 is 0 Å². The lowest BCUT2D eigenvalue weighted by atomic mass is 10.1. The zero-order valence-corrected chi connectivity index (χ0v) is 17.0. The average Bonchev–Trinajstić information content (AvgIpc) is 3.26. The first kappa shape index (κ1) is 18.7. The SMILES string of the molecule is COc1ccc(-c2csc3nc(C)nc(NCCN4C(=O)CSC4=O)c23)cc1. The van der Waals surface area contributed by atoms with E-state index < -0.39 is 0 Å². The summed E-state index contributed by atoms with van der Waals surface area (Å²) in [5, 5.41) is 6.11. The van der Waals surface area contributed by atoms with E-state index in [0.717, 1.165) is 38.9 Å². The zero-order chi connectivity index (χ0) is 19.7. The first-order chi connectivity index (χ1) is 13.6. The minimum atomic E-state index is -0.190. The number of nitrogens with zero attached hydrogens (tertiary/aromatic N) is 3. The number of hydrogen-bond acceptors (Lipinski definition) is 8. The first-order valence-corrected chi connectivity index (χ1v) is 10.5. The predicted molar refractivity (Wildman–Crippen MR) is 112 cm³/mol. The Bertz CT molecular complexity index is 1030. The summed E-state index contributed by atoms with van der Waals surface area (Å²) >= 11 is 2.61. The van der Waals surface area contributed by atoms with Gasteiger partial charge in [-0.25, -0.2) is 9.97 Å². The zero-order valence-electron chi connectivity index (χ0n) is 15.4. The van der Waals surface area contributed by atoms with Crippen LogP contribution in [0.5, 0.6) is 5.75 Å². The number of rotatable bonds is 6. The molecule has 0 radical (unpaired) electrons. The second-order valence-corrected chi connectivity index (χ2v) is 7.99. The van der Waals surface area contributed by atoms with Crippen molar-refractivity contribution in [1.82, 2.24) is 14.9 Å². The Kier molecular flexibility index (Phi) is 5.19. The lowest BCUT2D eigenvalue weighted by Gasteiger charge is -2.14. The van der Waals surface area contributed by atoms with Gasteiger partial charge in [0.2, 0.25) is 5.91 Å². The van der Waals surface area contributed by atoms with Crippen molar-refractivity contribution in [1.29, 1.82) is 0 Å². The fourth-order valence-electron chi connectivity index (χ4n) is 3.04. The summed E-state index contributed by atoms with van der Waals surface area (Å²) in [6.07, 6.45) is 0. The van der Waals surface area contributed by atoms with Crippen molar-refractivity contribution in [2.75, 3.05) is 31.3 Å². The standard InChI is InChI=1S/C19H18N4O3S2/c1-11-21-17(20-7-8-23-15(24)10-28-19(23)25)16-14(9-27-18(16)22-11)12-3-5-13(26-2)6-4-12/h3-6,9H,7-8,10H2,1-2H3,(H,20,21,22). The van der Waals surface area contributed by atoms with Gasteiger partial charge in [-0.3, -0.25) is 14.5 Å². The molecular weight excluding hydrogens is 396 g/mol. The van der Waals surface area contributed by atoms with E-state index in [1.807, 2.05) is 31.2 Å². The van der Waals surface area contributed by atoms with Gasteiger partial charge in [0.25, 0.3) is 5.24 Å². The van der Waals surface area contributed by atoms with Gasteiger partial charge in [-0.1, -0.05) is 23.9 Å². The molecule has 28 heavy (non-hydrogen) atoms. The molecule has 1 N–H and O–H groups in total. The highest BCUT2D eigenvalue weighted by molar-refractivity contribution is 8.14. The second-order valence-electron chi connectivity index (χ2n) is 6.20. The number of imide groups is 1. The minimum Gasteiger partial charge on any atom is -0.497 e. The maximum Gasteiger partial charge on any atom is 0.288 e. The number of anilines is 1. The molecule has 3 heterocycles. The molecule has 0 atom stereocenters. The van der Waals surface area contributed by atoms with Crippen LogP contribution in [0, 0.1) is 6.92 Å². The van der Waals surface area contributed by atoms with Crippen LogP contribution in [0.25, 0.3) is 21.3 Å². The van der Waals surface area contributed by atoms with Gasteiger partial charge in [0.1, 0.15) is 22.2 Å². The quantitative estimate of drug-likeness (QED) is 0.657. The number of hydrogen-bond donors (Lipinski definition) is 1. The Balaban J connectivity index is 1.62. The predicted octanol–water partition coefficient (Wildman–Crippen LogP) is 3.78. The first-order valence-electron chi connectivity index (χ1n) is 8.68. The molecule has 0 spiro atoms. The number of methoxy groups -OCH3 is 1. The van der Waals surface area contributed by atoms with E-state index in [4.69, 9.17) is 4.74 Å². The number of aromatic nitrogens is 2. The maximum atomic E-state index is 11.8. The Morgan fingerprint density at radius 3 is 2.68 bits per heavy atom. The molecule has 0 unspecified atom stereocenters. The molecule has 0 aliphatic carbocycles. The lowest BCUT2D eigenvalue weighted by Crippen LogP contribution is -2.33. The van der Waals surface area contributed by atoms with E-state index in [-0.39, 0.29) is 16.9 Å². The van der Waals surface area contributed by atoms with Crippen molar-refractivity contribution in [2.24, 2.45) is 0 Å². The molecule has 0 bridgehead atoms. The van der Waals surface area contributed by atoms with Crippen LogP contribution in [0.4, 0.5) is 10.6 Å². The van der Waals surface area contributed by atoms with Crippen molar-refractivity contribution >= 4 is 50.3 Å². The topological polar surface area (TPSA) is 84.4 Å². The molecule has 2 amide bonds. The van der Waals surface area contributed by atoms with Crippen LogP contribution in [-0.2, 0) is 4.79 Å². The summed E-state index contributed by atoms with van der Waals surface area (Å²) in [6.45, 7) is 2.60. The molecule has 9 heteroatoms. The Morgan fingerprint density at radius 1 is 1.21 bits per heavy atom. The largest absolute Gasteiger partial charge is 0.497 e. The van der Waals surface area contributed by atoms with Crippen molar-refractivity contribution in [2.45, 2.75) is 6.92 Å². The molecule has 3 aromatic rings. The fourth-order valence-corrected chi connectivity index (χ4v) is 4.79. The number of thiophene rings is 1. The third-order valence-electron chi connectivity index (χ3n) is 4.41. The summed E-state index contributed by atoms with van der Waals surface area (Å²) in [6, 6.07) is 7.85. The number of ether oxygens (including phenoxy) is 1. The smallest absolute Gasteiger partial charge is 0.288 e. The third kappa shape index (κ3) is 3.55. The number of fused-ring (bicyclic) bond motifs is 1. The van der Waals surface area contributed by atoms with Gasteiger partial charge in [0.05, 0.1) is 18.2 Å². The number of carbonyl (C=O) groups is 2. The summed E-state index contributed by atoms with van der Waals surface area (Å²) in [5.74, 6) is 2.26. The molecule has 1 aliphatic rings. The highest BCUT2D eigenvalue weighted by Crippen LogP contribution is 2.37. The van der Waals surface area contributed by atoms with Crippen LogP contribution < -0.4 is 10.1 Å². The van der Waals surface area contributed by atoms with Crippen LogP contribution in [-0.4, -0.2) is 52.0 Å². The molecule has 1 fully saturated rings. The normalized spacial score (nSPS) is 14.1. The highest BCUT2D eigenvalue weighted by atomic mass is 32.2. The molecule has 1 aromatic carbocycles. The summed E-state index contributed by atoms with van der Waals surface area (Å²) in [5.41, 5.74) is 2.08. The van der Waals surface area contributed by atoms with Crippen LogP contribution in [0.15, 0.2) is 29.6 Å². The van der Waals surface area contributed by atoms with Crippen molar-refractivity contribution < 1.29 is 14.3 Å². The van der Waals surface area contributed by atoms with Crippen LogP contribution in [0.2, 0.25) is 0 Å². The molecule has 1 saturated heterocycles. The van der Waals surface area contributed by atoms with E-state index >= 15 is 0 Å². The van der Waals surface area contributed by atoms with Gasteiger partial charge in [0, 0.05) is 24.0 Å². The van der Waals surface area contributed by atoms with Crippen molar-refractivity contribution in [3.05, 3.63) is 35.5 Å². The molecule has 0 saturated carbocycles. The molecule has 144 valence electrons. The van der Waals surface area contributed by atoms with Crippen molar-refractivity contribution in [3.8, 4) is 16.9 Å².